The first-order valence-electron chi connectivity index (χ1n) is 7.10. The smallest absolute Gasteiger partial charge is 0.330 e. The molecule has 5 nitrogen and oxygen atoms in total. The Hall–Kier alpha value is -0.871. The number of carbonyl (C=O) groups excluding carboxylic acids is 3. The molecule has 0 atom stereocenters. The van der Waals surface area contributed by atoms with E-state index in [4.69, 9.17) is 4.84 Å². The number of hydroxylamine groups is 2. The van der Waals surface area contributed by atoms with E-state index in [-0.39, 0.29) is 36.3 Å². The molecule has 120 valence electrons. The summed E-state index contributed by atoms with van der Waals surface area (Å²) < 4.78 is 0. The Morgan fingerprint density at radius 1 is 0.913 bits per heavy atom. The van der Waals surface area contributed by atoms with Crippen molar-refractivity contribution in [1.82, 2.24) is 5.06 Å². The van der Waals surface area contributed by atoms with Crippen LogP contribution in [0.5, 0.6) is 0 Å². The normalized spacial score (nSPS) is 21.0. The second kappa shape index (κ2) is 10.8. The van der Waals surface area contributed by atoms with E-state index in [1.54, 1.807) is 0 Å². The van der Waals surface area contributed by atoms with Crippen LogP contribution in [0.25, 0.3) is 0 Å². The third kappa shape index (κ3) is 7.04. The molecule has 0 spiro atoms. The quantitative estimate of drug-likeness (QED) is 0.570. The molecule has 1 aliphatic heterocycles. The molecule has 1 heterocycles. The zero-order chi connectivity index (χ0) is 15.8. The molecule has 6 heteroatoms. The van der Waals surface area contributed by atoms with E-state index in [0.29, 0.717) is 11.5 Å². The molecule has 23 heavy (non-hydrogen) atoms. The Bertz CT molecular complexity index is 380. The van der Waals surface area contributed by atoms with Gasteiger partial charge in [-0.3, -0.25) is 9.59 Å². The molecule has 1 saturated heterocycles. The molecule has 0 bridgehead atoms. The van der Waals surface area contributed by atoms with Crippen LogP contribution >= 0.6 is 0 Å². The van der Waals surface area contributed by atoms with Gasteiger partial charge in [-0.15, -0.1) is 5.06 Å². The molecule has 3 fully saturated rings. The summed E-state index contributed by atoms with van der Waals surface area (Å²) in [4.78, 5) is 38.5. The van der Waals surface area contributed by atoms with Crippen molar-refractivity contribution in [3.63, 3.8) is 0 Å². The Morgan fingerprint density at radius 2 is 1.39 bits per heavy atom. The third-order valence-corrected chi connectivity index (χ3v) is 3.10. The minimum absolute atomic E-state index is 0. The molecule has 0 unspecified atom stereocenters. The predicted molar refractivity (Wildman–Crippen MR) is 78.4 cm³/mol. The molecule has 10 radical (unpaired) electrons. The first-order valence-corrected chi connectivity index (χ1v) is 7.10. The summed E-state index contributed by atoms with van der Waals surface area (Å²) >= 11 is 0. The van der Waals surface area contributed by atoms with Crippen LogP contribution in [0.3, 0.4) is 0 Å². The summed E-state index contributed by atoms with van der Waals surface area (Å²) in [5, 5.41) is 0.577. The summed E-state index contributed by atoms with van der Waals surface area (Å²) in [7, 11) is 0. The molecule has 3 rings (SSSR count). The number of hydrogen-bond donors (Lipinski definition) is 0. The average molecular weight is 355 g/mol. The van der Waals surface area contributed by atoms with E-state index in [1.165, 1.54) is 0 Å². The molecule has 2 amide bonds. The summed E-state index contributed by atoms with van der Waals surface area (Å²) in [5.74, 6) is -0.427. The van der Waals surface area contributed by atoms with Crippen LogP contribution in [0.4, 0.5) is 0 Å². The largest absolute Gasteiger partial charge is 2.00 e. The number of rotatable bonds is 4. The average Bonchev–Trinajstić information content (AvgIpc) is 3.26. The van der Waals surface area contributed by atoms with Gasteiger partial charge in [0.05, 0.1) is 0 Å². The van der Waals surface area contributed by atoms with Crippen molar-refractivity contribution in [2.24, 2.45) is 0 Å². The van der Waals surface area contributed by atoms with Crippen molar-refractivity contribution < 1.29 is 36.3 Å². The van der Waals surface area contributed by atoms with Gasteiger partial charge in [-0.25, -0.2) is 4.79 Å². The van der Waals surface area contributed by atoms with E-state index < -0.39 is 17.8 Å². The van der Waals surface area contributed by atoms with Gasteiger partial charge in [0.25, 0.3) is 11.8 Å². The van der Waals surface area contributed by atoms with Crippen molar-refractivity contribution in [2.75, 3.05) is 0 Å². The molecule has 0 aromatic heterocycles. The SMILES string of the molecule is O=C(CC[C]1[CH][CH][CH][CH]1)ON1C(=O)CCC1=O.[CH]1[CH][CH][CH][CH]1.[Fe+2]. The summed E-state index contributed by atoms with van der Waals surface area (Å²) in [6.45, 7) is 0. The van der Waals surface area contributed by atoms with Gasteiger partial charge in [0.1, 0.15) is 0 Å². The zero-order valence-electron chi connectivity index (χ0n) is 12.5. The van der Waals surface area contributed by atoms with E-state index in [0.717, 1.165) is 5.92 Å². The minimum atomic E-state index is -0.560. The molecule has 3 aliphatic rings. The van der Waals surface area contributed by atoms with Gasteiger partial charge in [-0.1, -0.05) is 0 Å². The first-order chi connectivity index (χ1) is 10.7. The molecule has 0 aromatic carbocycles. The van der Waals surface area contributed by atoms with Crippen molar-refractivity contribution in [2.45, 2.75) is 25.7 Å². The van der Waals surface area contributed by atoms with Gasteiger partial charge >= 0.3 is 23.0 Å². The van der Waals surface area contributed by atoms with Gasteiger partial charge in [0.15, 0.2) is 0 Å². The molecule has 2 saturated carbocycles. The van der Waals surface area contributed by atoms with Crippen molar-refractivity contribution >= 4 is 17.8 Å². The summed E-state index contributed by atoms with van der Waals surface area (Å²) in [6, 6.07) is 0. The van der Waals surface area contributed by atoms with Crippen LogP contribution in [0.1, 0.15) is 25.7 Å². The van der Waals surface area contributed by atoms with Crippen molar-refractivity contribution in [3.8, 4) is 0 Å². The van der Waals surface area contributed by atoms with Crippen LogP contribution in [0.15, 0.2) is 0 Å². The van der Waals surface area contributed by atoms with Gasteiger partial charge in [0.2, 0.25) is 0 Å². The number of carbonyl (C=O) groups is 3. The maximum absolute atomic E-state index is 11.4. The Balaban J connectivity index is 0.000000377. The first kappa shape index (κ1) is 20.2. The fourth-order valence-corrected chi connectivity index (χ4v) is 1.95. The maximum atomic E-state index is 11.4. The summed E-state index contributed by atoms with van der Waals surface area (Å²) in [6.07, 6.45) is 18.5. The topological polar surface area (TPSA) is 63.7 Å². The van der Waals surface area contributed by atoms with Gasteiger partial charge in [0, 0.05) is 19.3 Å². The second-order valence-electron chi connectivity index (χ2n) is 4.80. The molecule has 0 aromatic rings. The Labute approximate surface area is 148 Å². The maximum Gasteiger partial charge on any atom is 2.00 e. The van der Waals surface area contributed by atoms with Gasteiger partial charge in [-0.2, -0.15) is 0 Å². The van der Waals surface area contributed by atoms with Crippen LogP contribution in [-0.4, -0.2) is 22.8 Å². The van der Waals surface area contributed by atoms with E-state index in [9.17, 15) is 14.4 Å². The summed E-state index contributed by atoms with van der Waals surface area (Å²) in [5.41, 5.74) is 0. The second-order valence-corrected chi connectivity index (χ2v) is 4.80. The van der Waals surface area contributed by atoms with E-state index in [2.05, 4.69) is 0 Å². The van der Waals surface area contributed by atoms with Crippen molar-refractivity contribution in [3.05, 3.63) is 63.7 Å². The molecule has 0 N–H and O–H groups in total. The van der Waals surface area contributed by atoms with E-state index in [1.807, 2.05) is 57.8 Å². The standard InChI is InChI=1S/C12H12NO4.C5H5.Fe/c14-10-6-7-11(15)13(10)17-12(16)8-5-9-3-1-2-4-9;1-2-4-5-3-1;/h1-4H,5-8H2;1-5H;/q;;+2. The van der Waals surface area contributed by atoms with Gasteiger partial charge in [-0.05, 0) is 70.1 Å². The zero-order valence-corrected chi connectivity index (χ0v) is 13.6. The number of nitrogens with zero attached hydrogens (tertiary/aromatic N) is 1. The fourth-order valence-electron chi connectivity index (χ4n) is 1.95. The minimum Gasteiger partial charge on any atom is -0.330 e. The number of imide groups is 1. The monoisotopic (exact) mass is 355 g/mol. The number of hydrogen-bond acceptors (Lipinski definition) is 4. The molecular weight excluding hydrogens is 338 g/mol. The van der Waals surface area contributed by atoms with Crippen LogP contribution in [-0.2, 0) is 36.3 Å². The Kier molecular flexibility index (Phi) is 9.49. The van der Waals surface area contributed by atoms with Gasteiger partial charge < -0.3 is 4.84 Å². The Morgan fingerprint density at radius 3 is 1.87 bits per heavy atom. The van der Waals surface area contributed by atoms with Crippen LogP contribution in [0, 0.1) is 63.7 Å². The van der Waals surface area contributed by atoms with Crippen LogP contribution < -0.4 is 0 Å². The third-order valence-electron chi connectivity index (χ3n) is 3.10. The molecule has 2 aliphatic carbocycles. The van der Waals surface area contributed by atoms with Crippen LogP contribution in [0.2, 0.25) is 0 Å². The predicted octanol–water partition coefficient (Wildman–Crippen LogP) is 1.80. The molecular formula is C17H17FeNO4+2. The fraction of sp³-hybridized carbons (Fsp3) is 0.235. The van der Waals surface area contributed by atoms with Crippen molar-refractivity contribution in [1.29, 1.82) is 0 Å². The van der Waals surface area contributed by atoms with E-state index >= 15 is 0 Å². The number of amides is 2.